The Morgan fingerprint density at radius 2 is 1.88 bits per heavy atom. The minimum absolute atomic E-state index is 0.0135. The van der Waals surface area contributed by atoms with Gasteiger partial charge in [0.1, 0.15) is 11.6 Å². The molecule has 8 nitrogen and oxygen atoms in total. The number of anilines is 2. The normalized spacial score (nSPS) is 13.1. The molecule has 2 aromatic carbocycles. The van der Waals surface area contributed by atoms with E-state index in [4.69, 9.17) is 0 Å². The van der Waals surface area contributed by atoms with Gasteiger partial charge in [-0.25, -0.2) is 0 Å². The number of halogens is 2. The SMILES string of the molecule is CC(=O)Nc1cccc(-n2c(SCC(=O)Nc3ccc(OC(F)F)cc3)nnc2C2CC2)c1. The molecule has 1 fully saturated rings. The molecule has 0 aliphatic heterocycles. The molecular weight excluding hydrogens is 452 g/mol. The number of hydrogen-bond acceptors (Lipinski definition) is 6. The maximum Gasteiger partial charge on any atom is 0.387 e. The standard InChI is InChI=1S/C22H21F2N5O3S/c1-13(30)25-16-3-2-4-17(11-16)29-20(14-5-6-14)27-28-22(29)33-12-19(31)26-15-7-9-18(10-8-15)32-21(23)24/h2-4,7-11,14,21H,5-6,12H2,1H3,(H,25,30)(H,26,31). The molecule has 2 amide bonds. The summed E-state index contributed by atoms with van der Waals surface area (Å²) in [5.41, 5.74) is 1.92. The molecule has 0 saturated heterocycles. The Hall–Kier alpha value is -3.47. The average molecular weight is 474 g/mol. The second kappa shape index (κ2) is 9.99. The van der Waals surface area contributed by atoms with E-state index in [1.165, 1.54) is 43.0 Å². The first-order valence-corrected chi connectivity index (χ1v) is 11.2. The van der Waals surface area contributed by atoms with Crippen LogP contribution in [0.15, 0.2) is 53.7 Å². The first-order valence-electron chi connectivity index (χ1n) is 10.2. The fourth-order valence-electron chi connectivity index (χ4n) is 3.20. The minimum atomic E-state index is -2.90. The topological polar surface area (TPSA) is 98.1 Å². The molecule has 1 aliphatic carbocycles. The summed E-state index contributed by atoms with van der Waals surface area (Å²) in [4.78, 5) is 23.9. The molecular formula is C22H21F2N5O3S. The van der Waals surface area contributed by atoms with Crippen molar-refractivity contribution in [1.29, 1.82) is 0 Å². The van der Waals surface area contributed by atoms with Crippen LogP contribution in [0.5, 0.6) is 5.75 Å². The number of aromatic nitrogens is 3. The van der Waals surface area contributed by atoms with Gasteiger partial charge in [-0.15, -0.1) is 10.2 Å². The molecule has 33 heavy (non-hydrogen) atoms. The van der Waals surface area contributed by atoms with Crippen molar-refractivity contribution in [3.8, 4) is 11.4 Å². The van der Waals surface area contributed by atoms with Crippen molar-refractivity contribution in [2.45, 2.75) is 37.5 Å². The summed E-state index contributed by atoms with van der Waals surface area (Å²) in [7, 11) is 0. The van der Waals surface area contributed by atoms with E-state index < -0.39 is 6.61 Å². The number of nitrogens with one attached hydrogen (secondary N) is 2. The van der Waals surface area contributed by atoms with Crippen molar-refractivity contribution in [3.63, 3.8) is 0 Å². The summed E-state index contributed by atoms with van der Waals surface area (Å²) in [5.74, 6) is 0.783. The van der Waals surface area contributed by atoms with Gasteiger partial charge in [0.25, 0.3) is 0 Å². The fourth-order valence-corrected chi connectivity index (χ4v) is 3.96. The average Bonchev–Trinajstić information content (AvgIpc) is 3.52. The molecule has 1 aliphatic rings. The van der Waals surface area contributed by atoms with Gasteiger partial charge in [-0.1, -0.05) is 17.8 Å². The molecule has 1 heterocycles. The van der Waals surface area contributed by atoms with Gasteiger partial charge in [-0.3, -0.25) is 14.2 Å². The highest BCUT2D eigenvalue weighted by molar-refractivity contribution is 7.99. The molecule has 0 unspecified atom stereocenters. The van der Waals surface area contributed by atoms with Gasteiger partial charge in [0.2, 0.25) is 11.8 Å². The van der Waals surface area contributed by atoms with Crippen LogP contribution in [0.1, 0.15) is 31.5 Å². The van der Waals surface area contributed by atoms with Crippen LogP contribution >= 0.6 is 11.8 Å². The molecule has 0 spiro atoms. The number of benzene rings is 2. The Morgan fingerprint density at radius 1 is 1.12 bits per heavy atom. The molecule has 2 N–H and O–H groups in total. The Morgan fingerprint density at radius 3 is 2.55 bits per heavy atom. The Bertz CT molecular complexity index is 1150. The highest BCUT2D eigenvalue weighted by Gasteiger charge is 2.31. The Labute approximate surface area is 192 Å². The van der Waals surface area contributed by atoms with Crippen molar-refractivity contribution in [1.82, 2.24) is 14.8 Å². The number of amides is 2. The summed E-state index contributed by atoms with van der Waals surface area (Å²) in [6.07, 6.45) is 2.06. The van der Waals surface area contributed by atoms with Gasteiger partial charge >= 0.3 is 6.61 Å². The third-order valence-corrected chi connectivity index (χ3v) is 5.65. The number of ether oxygens (including phenoxy) is 1. The van der Waals surface area contributed by atoms with E-state index in [0.717, 1.165) is 24.4 Å². The van der Waals surface area contributed by atoms with Crippen molar-refractivity contribution >= 4 is 35.0 Å². The predicted molar refractivity (Wildman–Crippen MR) is 120 cm³/mol. The summed E-state index contributed by atoms with van der Waals surface area (Å²) in [6.45, 7) is -1.46. The van der Waals surface area contributed by atoms with E-state index in [1.807, 2.05) is 22.8 Å². The van der Waals surface area contributed by atoms with Crippen LogP contribution in [-0.4, -0.2) is 38.9 Å². The summed E-state index contributed by atoms with van der Waals surface area (Å²) < 4.78 is 30.7. The number of nitrogens with zero attached hydrogens (tertiary/aromatic N) is 3. The molecule has 172 valence electrons. The van der Waals surface area contributed by atoms with Crippen LogP contribution in [0.3, 0.4) is 0 Å². The predicted octanol–water partition coefficient (Wildman–Crippen LogP) is 4.44. The van der Waals surface area contributed by atoms with Crippen molar-refractivity contribution in [2.24, 2.45) is 0 Å². The van der Waals surface area contributed by atoms with Crippen LogP contribution in [0.4, 0.5) is 20.2 Å². The van der Waals surface area contributed by atoms with E-state index >= 15 is 0 Å². The first kappa shape index (κ1) is 22.7. The highest BCUT2D eigenvalue weighted by atomic mass is 32.2. The molecule has 1 aromatic heterocycles. The van der Waals surface area contributed by atoms with Gasteiger partial charge in [-0.2, -0.15) is 8.78 Å². The number of thioether (sulfide) groups is 1. The third-order valence-electron chi connectivity index (χ3n) is 4.72. The van der Waals surface area contributed by atoms with E-state index in [-0.39, 0.29) is 23.3 Å². The lowest BCUT2D eigenvalue weighted by atomic mass is 10.2. The molecule has 0 bridgehead atoms. The van der Waals surface area contributed by atoms with Gasteiger partial charge in [0.05, 0.1) is 11.4 Å². The van der Waals surface area contributed by atoms with E-state index in [0.29, 0.717) is 22.4 Å². The van der Waals surface area contributed by atoms with Crippen LogP contribution in [-0.2, 0) is 9.59 Å². The van der Waals surface area contributed by atoms with E-state index in [9.17, 15) is 18.4 Å². The lowest BCUT2D eigenvalue weighted by Gasteiger charge is -2.12. The second-order valence-corrected chi connectivity index (χ2v) is 8.36. The maximum absolute atomic E-state index is 12.4. The van der Waals surface area contributed by atoms with Crippen LogP contribution in [0.2, 0.25) is 0 Å². The van der Waals surface area contributed by atoms with Crippen LogP contribution in [0.25, 0.3) is 5.69 Å². The van der Waals surface area contributed by atoms with E-state index in [1.54, 1.807) is 6.07 Å². The number of hydrogen-bond donors (Lipinski definition) is 2. The lowest BCUT2D eigenvalue weighted by molar-refractivity contribution is -0.114. The summed E-state index contributed by atoms with van der Waals surface area (Å²) in [5, 5.41) is 14.7. The molecule has 3 aromatic rings. The zero-order valence-electron chi connectivity index (χ0n) is 17.6. The quantitative estimate of drug-likeness (QED) is 0.446. The zero-order valence-corrected chi connectivity index (χ0v) is 18.4. The number of alkyl halides is 2. The smallest absolute Gasteiger partial charge is 0.387 e. The van der Waals surface area contributed by atoms with Crippen molar-refractivity contribution in [2.75, 3.05) is 16.4 Å². The maximum atomic E-state index is 12.4. The lowest BCUT2D eigenvalue weighted by Crippen LogP contribution is -2.14. The highest BCUT2D eigenvalue weighted by Crippen LogP contribution is 2.41. The third kappa shape index (κ3) is 6.07. The van der Waals surface area contributed by atoms with Gasteiger partial charge < -0.3 is 15.4 Å². The van der Waals surface area contributed by atoms with Crippen LogP contribution < -0.4 is 15.4 Å². The summed E-state index contributed by atoms with van der Waals surface area (Å²) >= 11 is 1.23. The number of rotatable bonds is 9. The van der Waals surface area contributed by atoms with Crippen molar-refractivity contribution in [3.05, 3.63) is 54.4 Å². The Kier molecular flexibility index (Phi) is 6.87. The molecule has 1 saturated carbocycles. The second-order valence-electron chi connectivity index (χ2n) is 7.42. The number of carbonyl (C=O) groups excluding carboxylic acids is 2. The molecule has 4 rings (SSSR count). The minimum Gasteiger partial charge on any atom is -0.435 e. The molecule has 0 radical (unpaired) electrons. The van der Waals surface area contributed by atoms with Crippen LogP contribution in [0, 0.1) is 0 Å². The number of carbonyl (C=O) groups is 2. The van der Waals surface area contributed by atoms with Gasteiger partial charge in [0.15, 0.2) is 5.16 Å². The van der Waals surface area contributed by atoms with E-state index in [2.05, 4.69) is 25.6 Å². The Balaban J connectivity index is 1.45. The first-order chi connectivity index (χ1) is 15.9. The van der Waals surface area contributed by atoms with Gasteiger partial charge in [-0.05, 0) is 55.3 Å². The molecule has 0 atom stereocenters. The summed E-state index contributed by atoms with van der Waals surface area (Å²) in [6, 6.07) is 13.1. The van der Waals surface area contributed by atoms with Crippen molar-refractivity contribution < 1.29 is 23.1 Å². The fraction of sp³-hybridized carbons (Fsp3) is 0.273. The van der Waals surface area contributed by atoms with Gasteiger partial charge in [0, 0.05) is 24.2 Å². The molecule has 11 heteroatoms. The zero-order chi connectivity index (χ0) is 23.4. The monoisotopic (exact) mass is 473 g/mol. The largest absolute Gasteiger partial charge is 0.435 e.